The molecule has 0 radical (unpaired) electrons. The number of benzene rings is 2. The van der Waals surface area contributed by atoms with Gasteiger partial charge in [-0.25, -0.2) is 4.79 Å². The SMILES string of the molecule is C=CCOc1ccc([C@H]2C(C(=O)OCC)=C(C)NC3=C2C(=O)c2ccccc23)cc1I. The van der Waals surface area contributed by atoms with Crippen LogP contribution in [0.3, 0.4) is 0 Å². The largest absolute Gasteiger partial charge is 0.488 e. The predicted molar refractivity (Wildman–Crippen MR) is 128 cm³/mol. The highest BCUT2D eigenvalue weighted by atomic mass is 127. The van der Waals surface area contributed by atoms with Crippen LogP contribution in [0.5, 0.6) is 5.75 Å². The maximum absolute atomic E-state index is 13.4. The maximum Gasteiger partial charge on any atom is 0.336 e. The van der Waals surface area contributed by atoms with Crippen LogP contribution in [0.15, 0.2) is 72.0 Å². The number of carbonyl (C=O) groups is 2. The van der Waals surface area contributed by atoms with Crippen LogP contribution in [-0.4, -0.2) is 25.0 Å². The van der Waals surface area contributed by atoms with Crippen LogP contribution in [0.25, 0.3) is 5.70 Å². The first-order valence-electron chi connectivity index (χ1n) is 10.0. The van der Waals surface area contributed by atoms with Gasteiger partial charge in [0.05, 0.1) is 21.4 Å². The molecule has 1 N–H and O–H groups in total. The number of hydrogen-bond acceptors (Lipinski definition) is 5. The Bertz CT molecular complexity index is 1160. The maximum atomic E-state index is 13.4. The third-order valence-electron chi connectivity index (χ3n) is 5.39. The Morgan fingerprint density at radius 2 is 1.97 bits per heavy atom. The van der Waals surface area contributed by atoms with Crippen molar-refractivity contribution in [2.24, 2.45) is 0 Å². The van der Waals surface area contributed by atoms with Gasteiger partial charge in [0, 0.05) is 28.3 Å². The van der Waals surface area contributed by atoms with Gasteiger partial charge in [-0.3, -0.25) is 4.79 Å². The number of dihydropyridines is 1. The Hall–Kier alpha value is -2.87. The predicted octanol–water partition coefficient (Wildman–Crippen LogP) is 4.99. The first-order valence-corrected chi connectivity index (χ1v) is 11.1. The van der Waals surface area contributed by atoms with Crippen molar-refractivity contribution >= 4 is 40.0 Å². The lowest BCUT2D eigenvalue weighted by Gasteiger charge is -2.29. The lowest BCUT2D eigenvalue weighted by molar-refractivity contribution is -0.138. The molecule has 1 heterocycles. The van der Waals surface area contributed by atoms with Gasteiger partial charge < -0.3 is 14.8 Å². The normalized spacial score (nSPS) is 17.1. The zero-order valence-electron chi connectivity index (χ0n) is 17.3. The van der Waals surface area contributed by atoms with Crippen LogP contribution < -0.4 is 10.1 Å². The first-order chi connectivity index (χ1) is 15.0. The molecular formula is C25H22INO4. The van der Waals surface area contributed by atoms with Crippen molar-refractivity contribution in [2.45, 2.75) is 19.8 Å². The second-order valence-corrected chi connectivity index (χ2v) is 8.43. The molecule has 6 heteroatoms. The van der Waals surface area contributed by atoms with Gasteiger partial charge in [0.1, 0.15) is 12.4 Å². The minimum atomic E-state index is -0.530. The molecule has 0 saturated carbocycles. The van der Waals surface area contributed by atoms with E-state index in [4.69, 9.17) is 9.47 Å². The van der Waals surface area contributed by atoms with Crippen molar-refractivity contribution < 1.29 is 19.1 Å². The molecule has 0 amide bonds. The summed E-state index contributed by atoms with van der Waals surface area (Å²) in [4.78, 5) is 26.4. The van der Waals surface area contributed by atoms with Gasteiger partial charge in [0.25, 0.3) is 0 Å². The molecule has 0 aromatic heterocycles. The average molecular weight is 527 g/mol. The Morgan fingerprint density at radius 3 is 2.65 bits per heavy atom. The van der Waals surface area contributed by atoms with Gasteiger partial charge in [0.2, 0.25) is 0 Å². The fraction of sp³-hybridized carbons (Fsp3) is 0.200. The van der Waals surface area contributed by atoms with E-state index in [1.165, 1.54) is 0 Å². The monoisotopic (exact) mass is 527 g/mol. The van der Waals surface area contributed by atoms with Gasteiger partial charge in [-0.1, -0.05) is 43.0 Å². The van der Waals surface area contributed by atoms with E-state index < -0.39 is 11.9 Å². The van der Waals surface area contributed by atoms with Crippen molar-refractivity contribution in [2.75, 3.05) is 13.2 Å². The van der Waals surface area contributed by atoms with E-state index >= 15 is 0 Å². The Balaban J connectivity index is 1.87. The zero-order chi connectivity index (χ0) is 22.1. The highest BCUT2D eigenvalue weighted by molar-refractivity contribution is 14.1. The standard InChI is InChI=1S/C25H22INO4/c1-4-12-31-19-11-10-15(13-18(19)26)21-20(25(29)30-5-2)14(3)27-23-16-8-6-7-9-17(16)24(28)22(21)23/h4,6-11,13,21,27H,1,5,12H2,2-3H3/t21-/m0/s1. The number of Topliss-reactive ketones (excluding diaryl/α,β-unsaturated/α-hetero) is 1. The summed E-state index contributed by atoms with van der Waals surface area (Å²) < 4.78 is 12.0. The first kappa shape index (κ1) is 21.4. The number of allylic oxidation sites excluding steroid dienone is 2. The molecule has 31 heavy (non-hydrogen) atoms. The van der Waals surface area contributed by atoms with Crippen LogP contribution in [0, 0.1) is 3.57 Å². The van der Waals surface area contributed by atoms with Crippen LogP contribution in [0.4, 0.5) is 0 Å². The number of halogens is 1. The summed E-state index contributed by atoms with van der Waals surface area (Å²) >= 11 is 2.21. The van der Waals surface area contributed by atoms with E-state index in [0.717, 1.165) is 26.1 Å². The summed E-state index contributed by atoms with van der Waals surface area (Å²) in [6.45, 7) is 7.96. The minimum absolute atomic E-state index is 0.0700. The molecular weight excluding hydrogens is 505 g/mol. The molecule has 0 saturated heterocycles. The fourth-order valence-electron chi connectivity index (χ4n) is 4.10. The third kappa shape index (κ3) is 3.69. The van der Waals surface area contributed by atoms with Gasteiger partial charge >= 0.3 is 5.97 Å². The van der Waals surface area contributed by atoms with Crippen LogP contribution in [-0.2, 0) is 9.53 Å². The molecule has 0 bridgehead atoms. The van der Waals surface area contributed by atoms with E-state index in [0.29, 0.717) is 29.0 Å². The van der Waals surface area contributed by atoms with Crippen LogP contribution in [0.1, 0.15) is 41.3 Å². The van der Waals surface area contributed by atoms with Crippen LogP contribution >= 0.6 is 22.6 Å². The Morgan fingerprint density at radius 1 is 1.23 bits per heavy atom. The highest BCUT2D eigenvalue weighted by Crippen LogP contribution is 2.47. The van der Waals surface area contributed by atoms with E-state index in [2.05, 4.69) is 34.5 Å². The number of ether oxygens (including phenoxy) is 2. The number of esters is 1. The number of nitrogens with one attached hydrogen (secondary N) is 1. The molecule has 0 spiro atoms. The highest BCUT2D eigenvalue weighted by Gasteiger charge is 2.42. The molecule has 158 valence electrons. The van der Waals surface area contributed by atoms with Gasteiger partial charge in [0.15, 0.2) is 5.78 Å². The summed E-state index contributed by atoms with van der Waals surface area (Å²) in [6, 6.07) is 13.3. The minimum Gasteiger partial charge on any atom is -0.488 e. The van der Waals surface area contributed by atoms with Gasteiger partial charge in [-0.2, -0.15) is 0 Å². The second-order valence-electron chi connectivity index (χ2n) is 7.27. The second kappa shape index (κ2) is 8.70. The fourth-order valence-corrected chi connectivity index (χ4v) is 4.80. The van der Waals surface area contributed by atoms with Crippen molar-refractivity contribution in [3.63, 3.8) is 0 Å². The van der Waals surface area contributed by atoms with E-state index in [1.54, 1.807) is 13.0 Å². The summed E-state index contributed by atoms with van der Waals surface area (Å²) in [5.41, 5.74) is 4.82. The molecule has 0 fully saturated rings. The molecule has 2 aliphatic rings. The van der Waals surface area contributed by atoms with E-state index in [1.807, 2.05) is 49.4 Å². The topological polar surface area (TPSA) is 64.6 Å². The Labute approximate surface area is 195 Å². The number of ketones is 1. The number of hydrogen-bond donors (Lipinski definition) is 1. The van der Waals surface area contributed by atoms with Gasteiger partial charge in [-0.15, -0.1) is 0 Å². The Kier molecular flexibility index (Phi) is 6.00. The molecule has 1 aliphatic heterocycles. The van der Waals surface area contributed by atoms with Crippen molar-refractivity contribution in [1.82, 2.24) is 5.32 Å². The number of rotatable bonds is 6. The zero-order valence-corrected chi connectivity index (χ0v) is 19.5. The van der Waals surface area contributed by atoms with E-state index in [-0.39, 0.29) is 12.4 Å². The van der Waals surface area contributed by atoms with Gasteiger partial charge in [-0.05, 0) is 54.1 Å². The number of fused-ring (bicyclic) bond motifs is 2. The smallest absolute Gasteiger partial charge is 0.336 e. The average Bonchev–Trinajstić information content (AvgIpc) is 3.04. The number of carbonyl (C=O) groups excluding carboxylic acids is 2. The lowest BCUT2D eigenvalue weighted by Crippen LogP contribution is -2.29. The van der Waals surface area contributed by atoms with E-state index in [9.17, 15) is 9.59 Å². The quantitative estimate of drug-likeness (QED) is 0.326. The molecule has 5 nitrogen and oxygen atoms in total. The molecule has 2 aromatic carbocycles. The summed E-state index contributed by atoms with van der Waals surface area (Å²) in [7, 11) is 0. The molecule has 0 unspecified atom stereocenters. The molecule has 1 aliphatic carbocycles. The molecule has 1 atom stereocenters. The lowest BCUT2D eigenvalue weighted by atomic mass is 9.80. The van der Waals surface area contributed by atoms with Crippen molar-refractivity contribution in [3.05, 3.63) is 92.2 Å². The third-order valence-corrected chi connectivity index (χ3v) is 6.23. The van der Waals surface area contributed by atoms with Crippen molar-refractivity contribution in [3.8, 4) is 5.75 Å². The van der Waals surface area contributed by atoms with Crippen LogP contribution in [0.2, 0.25) is 0 Å². The summed E-state index contributed by atoms with van der Waals surface area (Å²) in [5.74, 6) is -0.293. The summed E-state index contributed by atoms with van der Waals surface area (Å²) in [6.07, 6.45) is 1.69. The molecule has 2 aromatic rings. The summed E-state index contributed by atoms with van der Waals surface area (Å²) in [5, 5.41) is 3.31. The molecule has 4 rings (SSSR count). The van der Waals surface area contributed by atoms with Crippen molar-refractivity contribution in [1.29, 1.82) is 0 Å².